The molecule has 1 aromatic carbocycles. The Bertz CT molecular complexity index is 1320. The van der Waals surface area contributed by atoms with E-state index in [-0.39, 0.29) is 35.5 Å². The van der Waals surface area contributed by atoms with E-state index in [1.807, 2.05) is 13.0 Å². The van der Waals surface area contributed by atoms with Gasteiger partial charge in [0.1, 0.15) is 0 Å². The van der Waals surface area contributed by atoms with Crippen molar-refractivity contribution in [3.8, 4) is 11.8 Å². The minimum absolute atomic E-state index is 0.0885. The summed E-state index contributed by atoms with van der Waals surface area (Å²) in [5.74, 6) is 6.93. The maximum Gasteiger partial charge on any atom is 0.189 e. The van der Waals surface area contributed by atoms with Crippen molar-refractivity contribution in [1.29, 1.82) is 0 Å². The molecule has 2 fully saturated rings. The van der Waals surface area contributed by atoms with Crippen molar-refractivity contribution in [3.63, 3.8) is 0 Å². The van der Waals surface area contributed by atoms with Crippen molar-refractivity contribution in [2.75, 3.05) is 7.05 Å². The van der Waals surface area contributed by atoms with Gasteiger partial charge in [-0.2, -0.15) is 0 Å². The number of nitrogens with one attached hydrogen (secondary N) is 2. The fourth-order valence-corrected chi connectivity index (χ4v) is 8.19. The Labute approximate surface area is 224 Å². The van der Waals surface area contributed by atoms with Crippen LogP contribution in [-0.4, -0.2) is 56.7 Å². The van der Waals surface area contributed by atoms with Crippen molar-refractivity contribution >= 4 is 16.9 Å². The summed E-state index contributed by atoms with van der Waals surface area (Å²) < 4.78 is 0. The average molecular weight is 517 g/mol. The number of allylic oxidation sites excluding steroid dienone is 2. The van der Waals surface area contributed by atoms with Crippen LogP contribution in [0.5, 0.6) is 0 Å². The molecular formula is C31H40N4O3. The fraction of sp³-hybridized carbons (Fsp3) is 0.581. The quantitative estimate of drug-likeness (QED) is 0.162. The number of nitrogens with two attached hydrogens (primary N) is 1. The molecule has 0 radical (unpaired) electrons. The van der Waals surface area contributed by atoms with E-state index in [1.54, 1.807) is 7.05 Å². The second kappa shape index (κ2) is 9.15. The number of guanidine groups is 1. The zero-order valence-corrected chi connectivity index (χ0v) is 22.4. The summed E-state index contributed by atoms with van der Waals surface area (Å²) in [6.45, 7) is 1.90. The summed E-state index contributed by atoms with van der Waals surface area (Å²) in [6, 6.07) is 10.1. The summed E-state index contributed by atoms with van der Waals surface area (Å²) >= 11 is 0. The lowest BCUT2D eigenvalue weighted by atomic mass is 9.58. The minimum atomic E-state index is -1.38. The van der Waals surface area contributed by atoms with Gasteiger partial charge >= 0.3 is 0 Å². The summed E-state index contributed by atoms with van der Waals surface area (Å²) in [5, 5.41) is 39.6. The van der Waals surface area contributed by atoms with E-state index >= 15 is 0 Å². The van der Waals surface area contributed by atoms with Crippen molar-refractivity contribution < 1.29 is 15.3 Å². The molecule has 8 unspecified atom stereocenters. The van der Waals surface area contributed by atoms with Crippen molar-refractivity contribution in [2.45, 2.75) is 81.6 Å². The highest BCUT2D eigenvalue weighted by atomic mass is 16.3. The standard InChI is InChI=1S/C31H40N4O3/c1-29(37)12-13-30-18-25-24(29)16-27(36)31(25,38)17-22(35-28(32)33-2)11-10-20(30)7-5-8-21(30)15-23-14-19-6-3-4-9-26(19)34-23/h3-4,6,8-9,14,20,22,24-25,27,34,36-38H,5,7,12-13,15-18H2,1-2H3,(H3,32,33,35). The highest BCUT2D eigenvalue weighted by Gasteiger charge is 2.63. The lowest BCUT2D eigenvalue weighted by Crippen LogP contribution is -2.52. The largest absolute Gasteiger partial charge is 0.390 e. The van der Waals surface area contributed by atoms with Crippen LogP contribution >= 0.6 is 0 Å². The van der Waals surface area contributed by atoms with E-state index in [1.165, 1.54) is 16.7 Å². The Morgan fingerprint density at radius 1 is 1.18 bits per heavy atom. The second-order valence-corrected chi connectivity index (χ2v) is 12.4. The molecule has 2 bridgehead atoms. The number of aliphatic hydroxyl groups excluding tert-OH is 1. The average Bonchev–Trinajstić information content (AvgIpc) is 3.38. The molecule has 202 valence electrons. The van der Waals surface area contributed by atoms with Gasteiger partial charge in [-0.15, -0.1) is 0 Å². The van der Waals surface area contributed by atoms with E-state index in [0.29, 0.717) is 19.3 Å². The minimum Gasteiger partial charge on any atom is -0.390 e. The van der Waals surface area contributed by atoms with Crippen LogP contribution in [0.15, 0.2) is 47.0 Å². The van der Waals surface area contributed by atoms with Crippen LogP contribution in [0.1, 0.15) is 57.6 Å². The van der Waals surface area contributed by atoms with Crippen LogP contribution < -0.4 is 11.1 Å². The van der Waals surface area contributed by atoms with E-state index in [4.69, 9.17) is 5.73 Å². The number of fused-ring (bicyclic) bond motifs is 1. The van der Waals surface area contributed by atoms with Crippen LogP contribution in [0.4, 0.5) is 0 Å². The molecule has 1 heterocycles. The fourth-order valence-electron chi connectivity index (χ4n) is 8.19. The number of aromatic nitrogens is 1. The number of para-hydroxylation sites is 1. The molecule has 0 amide bonds. The van der Waals surface area contributed by atoms with Gasteiger partial charge in [-0.05, 0) is 74.8 Å². The highest BCUT2D eigenvalue weighted by molar-refractivity contribution is 5.80. The summed E-state index contributed by atoms with van der Waals surface area (Å²) in [6.07, 6.45) is 6.87. The van der Waals surface area contributed by atoms with E-state index in [2.05, 4.69) is 57.5 Å². The number of aliphatic imine (C=N–C) groups is 1. The van der Waals surface area contributed by atoms with Gasteiger partial charge in [0.25, 0.3) is 0 Å². The van der Waals surface area contributed by atoms with Gasteiger partial charge in [-0.25, -0.2) is 0 Å². The molecule has 7 N–H and O–H groups in total. The summed E-state index contributed by atoms with van der Waals surface area (Å²) in [7, 11) is 1.62. The zero-order valence-electron chi connectivity index (χ0n) is 22.4. The maximum absolute atomic E-state index is 12.2. The number of aliphatic hydroxyl groups is 3. The Morgan fingerprint density at radius 3 is 2.79 bits per heavy atom. The lowest BCUT2D eigenvalue weighted by molar-refractivity contribution is -0.106. The Morgan fingerprint density at radius 2 is 2.00 bits per heavy atom. The van der Waals surface area contributed by atoms with Crippen LogP contribution in [0.2, 0.25) is 0 Å². The van der Waals surface area contributed by atoms with Crippen molar-refractivity contribution in [2.24, 2.45) is 33.9 Å². The molecule has 2 aromatic rings. The molecule has 6 rings (SSSR count). The first-order chi connectivity index (χ1) is 18.1. The van der Waals surface area contributed by atoms with Crippen LogP contribution in [0.3, 0.4) is 0 Å². The Kier molecular flexibility index (Phi) is 6.14. The predicted octanol–water partition coefficient (Wildman–Crippen LogP) is 3.01. The van der Waals surface area contributed by atoms with Gasteiger partial charge in [0.15, 0.2) is 5.96 Å². The molecule has 38 heavy (non-hydrogen) atoms. The number of hydrogen-bond donors (Lipinski definition) is 6. The number of H-pyrrole nitrogens is 1. The Hall–Kier alpha value is -2.79. The first kappa shape index (κ1) is 25.5. The molecule has 7 nitrogen and oxygen atoms in total. The monoisotopic (exact) mass is 516 g/mol. The van der Waals surface area contributed by atoms with E-state index in [9.17, 15) is 15.3 Å². The predicted molar refractivity (Wildman–Crippen MR) is 149 cm³/mol. The topological polar surface area (TPSA) is 127 Å². The highest BCUT2D eigenvalue weighted by Crippen LogP contribution is 2.62. The summed E-state index contributed by atoms with van der Waals surface area (Å²) in [5.41, 5.74) is 7.02. The van der Waals surface area contributed by atoms with Gasteiger partial charge in [0.05, 0.1) is 23.3 Å². The summed E-state index contributed by atoms with van der Waals surface area (Å²) in [4.78, 5) is 7.65. The van der Waals surface area contributed by atoms with Gasteiger partial charge in [0.2, 0.25) is 0 Å². The third-order valence-electron chi connectivity index (χ3n) is 10.3. The molecule has 4 aliphatic carbocycles. The molecule has 7 heteroatoms. The van der Waals surface area contributed by atoms with Crippen molar-refractivity contribution in [1.82, 2.24) is 10.3 Å². The number of hydrogen-bond acceptors (Lipinski definition) is 4. The SMILES string of the molecule is CN=C(N)NC1C#CC2CCC=C(Cc3cc4ccccc4[nH]3)C23CCC(C)(O)C2CC(O)C(O)(C1)C2C3. The molecule has 8 atom stereocenters. The molecular weight excluding hydrogens is 476 g/mol. The second-order valence-electron chi connectivity index (χ2n) is 12.4. The molecule has 0 saturated heterocycles. The smallest absolute Gasteiger partial charge is 0.189 e. The number of rotatable bonds is 3. The maximum atomic E-state index is 12.2. The van der Waals surface area contributed by atoms with Gasteiger partial charge in [-0.1, -0.05) is 41.7 Å². The Balaban J connectivity index is 1.47. The van der Waals surface area contributed by atoms with E-state index < -0.39 is 23.3 Å². The van der Waals surface area contributed by atoms with Gasteiger partial charge < -0.3 is 31.4 Å². The van der Waals surface area contributed by atoms with Crippen LogP contribution in [-0.2, 0) is 6.42 Å². The first-order valence-electron chi connectivity index (χ1n) is 14.0. The lowest BCUT2D eigenvalue weighted by Gasteiger charge is -2.46. The molecule has 1 spiro atoms. The normalized spacial score (nSPS) is 40.6. The third-order valence-corrected chi connectivity index (χ3v) is 10.3. The number of aromatic amines is 1. The van der Waals surface area contributed by atoms with Crippen LogP contribution in [0.25, 0.3) is 10.9 Å². The van der Waals surface area contributed by atoms with Crippen LogP contribution in [0, 0.1) is 35.0 Å². The molecule has 0 aliphatic heterocycles. The molecule has 2 saturated carbocycles. The number of nitrogens with zero attached hydrogens (tertiary/aromatic N) is 1. The zero-order chi connectivity index (χ0) is 26.7. The van der Waals surface area contributed by atoms with E-state index in [0.717, 1.165) is 31.2 Å². The third kappa shape index (κ3) is 4.05. The van der Waals surface area contributed by atoms with Gasteiger partial charge in [0, 0.05) is 42.4 Å². The molecule has 4 aliphatic rings. The first-order valence-corrected chi connectivity index (χ1v) is 14.0. The number of benzene rings is 1. The van der Waals surface area contributed by atoms with Gasteiger partial charge in [-0.3, -0.25) is 4.99 Å². The molecule has 1 aromatic heterocycles. The van der Waals surface area contributed by atoms with Crippen molar-refractivity contribution in [3.05, 3.63) is 47.7 Å².